The minimum atomic E-state index is -0.183. The first-order valence-electron chi connectivity index (χ1n) is 5.68. The molecular formula is C12H15N3O2. The van der Waals surface area contributed by atoms with Crippen LogP contribution >= 0.6 is 0 Å². The Kier molecular flexibility index (Phi) is 2.14. The highest BCUT2D eigenvalue weighted by Gasteiger charge is 2.43. The Balaban J connectivity index is 2.14. The van der Waals surface area contributed by atoms with E-state index in [0.29, 0.717) is 13.2 Å². The molecule has 0 aliphatic carbocycles. The smallest absolute Gasteiger partial charge is 0.323 e. The summed E-state index contributed by atoms with van der Waals surface area (Å²) in [5.74, 6) is 0. The van der Waals surface area contributed by atoms with E-state index in [9.17, 15) is 4.79 Å². The van der Waals surface area contributed by atoms with Crippen LogP contribution in [0.25, 0.3) is 11.0 Å². The molecule has 17 heavy (non-hydrogen) atoms. The van der Waals surface area contributed by atoms with Gasteiger partial charge < -0.3 is 20.4 Å². The molecule has 1 fully saturated rings. The van der Waals surface area contributed by atoms with Crippen LogP contribution < -0.4 is 11.4 Å². The van der Waals surface area contributed by atoms with Crippen LogP contribution in [0.15, 0.2) is 23.0 Å². The molecule has 1 aliphatic rings. The quantitative estimate of drug-likeness (QED) is 0.705. The highest BCUT2D eigenvalue weighted by molar-refractivity contribution is 5.75. The summed E-state index contributed by atoms with van der Waals surface area (Å²) in [5.41, 5.74) is 8.53. The molecule has 1 atom stereocenters. The molecule has 1 saturated heterocycles. The highest BCUT2D eigenvalue weighted by Crippen LogP contribution is 2.35. The predicted molar refractivity (Wildman–Crippen MR) is 65.1 cm³/mol. The van der Waals surface area contributed by atoms with Crippen molar-refractivity contribution in [2.45, 2.75) is 18.4 Å². The molecule has 3 rings (SSSR count). The molecule has 0 saturated carbocycles. The maximum absolute atomic E-state index is 11.2. The van der Waals surface area contributed by atoms with Gasteiger partial charge in [0.05, 0.1) is 29.7 Å². The van der Waals surface area contributed by atoms with Gasteiger partial charge in [0.1, 0.15) is 0 Å². The zero-order chi connectivity index (χ0) is 12.0. The van der Waals surface area contributed by atoms with Gasteiger partial charge in [0, 0.05) is 6.04 Å². The first-order chi connectivity index (χ1) is 8.12. The third kappa shape index (κ3) is 1.43. The van der Waals surface area contributed by atoms with Crippen molar-refractivity contribution in [3.8, 4) is 0 Å². The van der Waals surface area contributed by atoms with Crippen molar-refractivity contribution in [2.24, 2.45) is 5.73 Å². The van der Waals surface area contributed by atoms with E-state index in [1.165, 1.54) is 0 Å². The molecule has 0 amide bonds. The molecule has 90 valence electrons. The summed E-state index contributed by atoms with van der Waals surface area (Å²) in [6.45, 7) is 3.28. The van der Waals surface area contributed by atoms with E-state index < -0.39 is 0 Å². The van der Waals surface area contributed by atoms with Gasteiger partial charge in [-0.05, 0) is 24.6 Å². The van der Waals surface area contributed by atoms with Crippen LogP contribution in [-0.4, -0.2) is 29.2 Å². The Morgan fingerprint density at radius 3 is 2.65 bits per heavy atom. The van der Waals surface area contributed by atoms with Gasteiger partial charge in [-0.3, -0.25) is 0 Å². The van der Waals surface area contributed by atoms with Crippen LogP contribution in [-0.2, 0) is 10.2 Å². The van der Waals surface area contributed by atoms with Crippen LogP contribution in [0.3, 0.4) is 0 Å². The maximum Gasteiger partial charge on any atom is 0.323 e. The summed E-state index contributed by atoms with van der Waals surface area (Å²) in [5, 5.41) is 0. The lowest BCUT2D eigenvalue weighted by atomic mass is 9.73. The molecule has 4 N–H and O–H groups in total. The summed E-state index contributed by atoms with van der Waals surface area (Å²) in [6, 6.07) is 5.93. The van der Waals surface area contributed by atoms with E-state index in [0.717, 1.165) is 16.6 Å². The Hall–Kier alpha value is -1.59. The Bertz CT molecular complexity index is 607. The number of nitrogens with two attached hydrogens (primary N) is 1. The number of rotatable bonds is 2. The summed E-state index contributed by atoms with van der Waals surface area (Å²) >= 11 is 0. The molecule has 2 aromatic rings. The van der Waals surface area contributed by atoms with E-state index in [2.05, 4.69) is 9.97 Å². The van der Waals surface area contributed by atoms with Crippen molar-refractivity contribution in [2.75, 3.05) is 13.2 Å². The molecule has 1 aliphatic heterocycles. The fourth-order valence-electron chi connectivity index (χ4n) is 2.36. The van der Waals surface area contributed by atoms with E-state index in [1.54, 1.807) is 0 Å². The zero-order valence-corrected chi connectivity index (χ0v) is 9.62. The fourth-order valence-corrected chi connectivity index (χ4v) is 2.36. The lowest BCUT2D eigenvalue weighted by Crippen LogP contribution is -2.57. The molecule has 2 heterocycles. The van der Waals surface area contributed by atoms with Crippen LogP contribution in [0.4, 0.5) is 0 Å². The molecule has 5 heteroatoms. The van der Waals surface area contributed by atoms with E-state index >= 15 is 0 Å². The number of hydrogen-bond acceptors (Lipinski definition) is 3. The van der Waals surface area contributed by atoms with Gasteiger partial charge >= 0.3 is 5.69 Å². The normalized spacial score (nSPS) is 20.1. The second-order valence-corrected chi connectivity index (χ2v) is 4.78. The van der Waals surface area contributed by atoms with Gasteiger partial charge in [-0.25, -0.2) is 4.79 Å². The standard InChI is InChI=1S/C12H15N3O2/c1-7(13)12(5-17-6-12)8-2-3-9-10(4-8)15-11(16)14-9/h2-4,7H,5-6,13H2,1H3,(H2,14,15,16). The molecule has 5 nitrogen and oxygen atoms in total. The first-order valence-corrected chi connectivity index (χ1v) is 5.68. The predicted octanol–water partition coefficient (Wildman–Crippen LogP) is 0.471. The van der Waals surface area contributed by atoms with Crippen LogP contribution in [0.2, 0.25) is 0 Å². The number of nitrogens with one attached hydrogen (secondary N) is 2. The average molecular weight is 233 g/mol. The Morgan fingerprint density at radius 1 is 1.35 bits per heavy atom. The van der Waals surface area contributed by atoms with Gasteiger partial charge in [0.25, 0.3) is 0 Å². The minimum absolute atomic E-state index is 0.0272. The first kappa shape index (κ1) is 10.6. The van der Waals surface area contributed by atoms with Gasteiger partial charge in [0.2, 0.25) is 0 Å². The van der Waals surface area contributed by atoms with E-state index in [1.807, 2.05) is 25.1 Å². The largest absolute Gasteiger partial charge is 0.379 e. The molecule has 0 spiro atoms. The lowest BCUT2D eigenvalue weighted by molar-refractivity contribution is -0.0701. The summed E-state index contributed by atoms with van der Waals surface area (Å²) in [6.07, 6.45) is 0. The molecule has 1 aromatic carbocycles. The van der Waals surface area contributed by atoms with Crippen molar-refractivity contribution in [3.05, 3.63) is 34.2 Å². The van der Waals surface area contributed by atoms with Gasteiger partial charge in [0.15, 0.2) is 0 Å². The molecule has 1 unspecified atom stereocenters. The van der Waals surface area contributed by atoms with Crippen molar-refractivity contribution < 1.29 is 4.74 Å². The number of H-pyrrole nitrogens is 2. The van der Waals surface area contributed by atoms with Crippen molar-refractivity contribution in [3.63, 3.8) is 0 Å². The average Bonchev–Trinajstić information content (AvgIpc) is 2.54. The Labute approximate surface area is 98.0 Å². The van der Waals surface area contributed by atoms with E-state index in [-0.39, 0.29) is 17.1 Å². The van der Waals surface area contributed by atoms with Crippen LogP contribution in [0.1, 0.15) is 12.5 Å². The van der Waals surface area contributed by atoms with Gasteiger partial charge in [-0.1, -0.05) is 6.07 Å². The SMILES string of the molecule is CC(N)C1(c2ccc3[nH]c(=O)[nH]c3c2)COC1. The third-order valence-corrected chi connectivity index (χ3v) is 3.68. The van der Waals surface area contributed by atoms with Crippen LogP contribution in [0, 0.1) is 0 Å². The third-order valence-electron chi connectivity index (χ3n) is 3.68. The number of imidazole rings is 1. The van der Waals surface area contributed by atoms with Crippen molar-refractivity contribution >= 4 is 11.0 Å². The van der Waals surface area contributed by atoms with Crippen molar-refractivity contribution in [1.82, 2.24) is 9.97 Å². The number of benzene rings is 1. The number of hydrogen-bond donors (Lipinski definition) is 3. The molecule has 0 bridgehead atoms. The molecular weight excluding hydrogens is 218 g/mol. The topological polar surface area (TPSA) is 83.9 Å². The monoisotopic (exact) mass is 233 g/mol. The van der Waals surface area contributed by atoms with Gasteiger partial charge in [-0.15, -0.1) is 0 Å². The van der Waals surface area contributed by atoms with E-state index in [4.69, 9.17) is 10.5 Å². The molecule has 1 aromatic heterocycles. The number of aromatic amines is 2. The highest BCUT2D eigenvalue weighted by atomic mass is 16.5. The maximum atomic E-state index is 11.2. The fraction of sp³-hybridized carbons (Fsp3) is 0.417. The second-order valence-electron chi connectivity index (χ2n) is 4.78. The summed E-state index contributed by atoms with van der Waals surface area (Å²) < 4.78 is 5.31. The summed E-state index contributed by atoms with van der Waals surface area (Å²) in [7, 11) is 0. The number of fused-ring (bicyclic) bond motifs is 1. The number of aromatic nitrogens is 2. The summed E-state index contributed by atoms with van der Waals surface area (Å²) in [4.78, 5) is 16.7. The number of ether oxygens (including phenoxy) is 1. The second kappa shape index (κ2) is 3.45. The Morgan fingerprint density at radius 2 is 2.06 bits per heavy atom. The van der Waals surface area contributed by atoms with Gasteiger partial charge in [-0.2, -0.15) is 0 Å². The zero-order valence-electron chi connectivity index (χ0n) is 9.62. The van der Waals surface area contributed by atoms with Crippen LogP contribution in [0.5, 0.6) is 0 Å². The molecule has 0 radical (unpaired) electrons. The lowest BCUT2D eigenvalue weighted by Gasteiger charge is -2.45. The van der Waals surface area contributed by atoms with Crippen molar-refractivity contribution in [1.29, 1.82) is 0 Å². The minimum Gasteiger partial charge on any atom is -0.379 e.